The molecule has 30 heavy (non-hydrogen) atoms. The van der Waals surface area contributed by atoms with Crippen molar-refractivity contribution in [3.8, 4) is 39.4 Å². The Morgan fingerprint density at radius 1 is 0.867 bits per heavy atom. The highest BCUT2D eigenvalue weighted by Gasteiger charge is 2.20. The van der Waals surface area contributed by atoms with E-state index in [4.69, 9.17) is 10.6 Å². The number of aromatic nitrogens is 1. The summed E-state index contributed by atoms with van der Waals surface area (Å²) < 4.78 is 7.31. The number of benzene rings is 3. The highest BCUT2D eigenvalue weighted by atomic mass is 16.5. The van der Waals surface area contributed by atoms with Crippen LogP contribution in [-0.4, -0.2) is 17.6 Å². The Morgan fingerprint density at radius 2 is 1.47 bits per heavy atom. The SMILES string of the molecule is COc1ccc(-c2cc(-c3ccccc3)c(-c3ccccc3)n2CC(=O)NN)cc1. The zero-order valence-corrected chi connectivity index (χ0v) is 16.7. The van der Waals surface area contributed by atoms with E-state index in [1.165, 1.54) is 0 Å². The Hall–Kier alpha value is -3.83. The number of hydrogen-bond acceptors (Lipinski definition) is 3. The number of nitrogens with one attached hydrogen (secondary N) is 1. The van der Waals surface area contributed by atoms with Crippen molar-refractivity contribution in [3.05, 3.63) is 91.0 Å². The van der Waals surface area contributed by atoms with E-state index in [0.29, 0.717) is 0 Å². The number of hydrogen-bond donors (Lipinski definition) is 2. The highest BCUT2D eigenvalue weighted by Crippen LogP contribution is 2.39. The molecule has 1 heterocycles. The lowest BCUT2D eigenvalue weighted by molar-refractivity contribution is -0.121. The van der Waals surface area contributed by atoms with Gasteiger partial charge in [0.25, 0.3) is 5.91 Å². The number of carbonyl (C=O) groups excluding carboxylic acids is 1. The second-order valence-electron chi connectivity index (χ2n) is 6.91. The molecule has 0 fully saturated rings. The molecule has 0 radical (unpaired) electrons. The number of nitrogens with zero attached hydrogens (tertiary/aromatic N) is 1. The van der Waals surface area contributed by atoms with Crippen LogP contribution >= 0.6 is 0 Å². The molecule has 0 spiro atoms. The Kier molecular flexibility index (Phi) is 5.63. The van der Waals surface area contributed by atoms with Gasteiger partial charge in [-0.15, -0.1) is 0 Å². The molecule has 3 aromatic carbocycles. The molecule has 4 rings (SSSR count). The maximum absolute atomic E-state index is 12.3. The van der Waals surface area contributed by atoms with Crippen molar-refractivity contribution >= 4 is 5.91 Å². The van der Waals surface area contributed by atoms with Crippen LogP contribution in [0.1, 0.15) is 0 Å². The Labute approximate surface area is 175 Å². The maximum atomic E-state index is 12.3. The third-order valence-electron chi connectivity index (χ3n) is 5.08. The van der Waals surface area contributed by atoms with Crippen LogP contribution in [0.4, 0.5) is 0 Å². The Bertz CT molecular complexity index is 1130. The first-order chi connectivity index (χ1) is 14.7. The quantitative estimate of drug-likeness (QED) is 0.286. The molecule has 0 atom stereocenters. The van der Waals surface area contributed by atoms with Crippen molar-refractivity contribution < 1.29 is 9.53 Å². The molecule has 150 valence electrons. The predicted octanol–water partition coefficient (Wildman–Crippen LogP) is 4.49. The van der Waals surface area contributed by atoms with Crippen molar-refractivity contribution in [1.82, 2.24) is 9.99 Å². The first kappa shape index (κ1) is 19.5. The minimum absolute atomic E-state index is 0.106. The predicted molar refractivity (Wildman–Crippen MR) is 120 cm³/mol. The summed E-state index contributed by atoms with van der Waals surface area (Å²) in [6.45, 7) is 0.106. The van der Waals surface area contributed by atoms with Gasteiger partial charge in [0, 0.05) is 11.3 Å². The van der Waals surface area contributed by atoms with Crippen molar-refractivity contribution in [2.45, 2.75) is 6.54 Å². The fraction of sp³-hybridized carbons (Fsp3) is 0.0800. The normalized spacial score (nSPS) is 10.6. The maximum Gasteiger partial charge on any atom is 0.253 e. The first-order valence-corrected chi connectivity index (χ1v) is 9.69. The summed E-state index contributed by atoms with van der Waals surface area (Å²) in [5.41, 5.74) is 8.31. The van der Waals surface area contributed by atoms with Gasteiger partial charge in [-0.25, -0.2) is 5.84 Å². The van der Waals surface area contributed by atoms with E-state index >= 15 is 0 Å². The molecule has 1 amide bonds. The summed E-state index contributed by atoms with van der Waals surface area (Å²) in [6, 6.07) is 30.2. The van der Waals surface area contributed by atoms with Crippen LogP contribution < -0.4 is 16.0 Å². The molecule has 5 nitrogen and oxygen atoms in total. The van der Waals surface area contributed by atoms with Gasteiger partial charge in [-0.3, -0.25) is 10.2 Å². The third-order valence-corrected chi connectivity index (χ3v) is 5.08. The van der Waals surface area contributed by atoms with Crippen molar-refractivity contribution in [2.24, 2.45) is 5.84 Å². The summed E-state index contributed by atoms with van der Waals surface area (Å²) in [7, 11) is 1.64. The number of rotatable bonds is 6. The number of ether oxygens (including phenoxy) is 1. The topological polar surface area (TPSA) is 69.3 Å². The zero-order valence-electron chi connectivity index (χ0n) is 16.7. The van der Waals surface area contributed by atoms with Gasteiger partial charge in [0.2, 0.25) is 0 Å². The van der Waals surface area contributed by atoms with E-state index in [2.05, 4.69) is 35.8 Å². The van der Waals surface area contributed by atoms with Gasteiger partial charge in [0.05, 0.1) is 12.8 Å². The molecule has 0 saturated heterocycles. The lowest BCUT2D eigenvalue weighted by Gasteiger charge is -2.15. The molecular weight excluding hydrogens is 374 g/mol. The molecule has 0 bridgehead atoms. The van der Waals surface area contributed by atoms with E-state index in [0.717, 1.165) is 39.4 Å². The van der Waals surface area contributed by atoms with Crippen LogP contribution in [0.2, 0.25) is 0 Å². The van der Waals surface area contributed by atoms with Gasteiger partial charge in [0.15, 0.2) is 0 Å². The van der Waals surface area contributed by atoms with Crippen LogP contribution in [0.5, 0.6) is 5.75 Å². The fourth-order valence-corrected chi connectivity index (χ4v) is 3.65. The second-order valence-corrected chi connectivity index (χ2v) is 6.91. The summed E-state index contributed by atoms with van der Waals surface area (Å²) in [5.74, 6) is 5.94. The monoisotopic (exact) mass is 397 g/mol. The van der Waals surface area contributed by atoms with Crippen LogP contribution in [0.3, 0.4) is 0 Å². The van der Waals surface area contributed by atoms with Gasteiger partial charge in [0.1, 0.15) is 12.3 Å². The zero-order chi connectivity index (χ0) is 20.9. The van der Waals surface area contributed by atoms with Crippen LogP contribution in [-0.2, 0) is 11.3 Å². The van der Waals surface area contributed by atoms with E-state index in [9.17, 15) is 4.79 Å². The van der Waals surface area contributed by atoms with E-state index < -0.39 is 0 Å². The van der Waals surface area contributed by atoms with Gasteiger partial charge < -0.3 is 9.30 Å². The molecule has 3 N–H and O–H groups in total. The van der Waals surface area contributed by atoms with Crippen LogP contribution in [0, 0.1) is 0 Å². The third kappa shape index (κ3) is 3.83. The number of hydrazine groups is 1. The highest BCUT2D eigenvalue weighted by molar-refractivity contribution is 5.88. The molecule has 1 aromatic heterocycles. The summed E-state index contributed by atoms with van der Waals surface area (Å²) in [4.78, 5) is 12.3. The molecule has 0 aliphatic rings. The van der Waals surface area contributed by atoms with Crippen molar-refractivity contribution in [2.75, 3.05) is 7.11 Å². The van der Waals surface area contributed by atoms with Gasteiger partial charge >= 0.3 is 0 Å². The Morgan fingerprint density at radius 3 is 2.03 bits per heavy atom. The first-order valence-electron chi connectivity index (χ1n) is 9.69. The van der Waals surface area contributed by atoms with Gasteiger partial charge in [-0.2, -0.15) is 0 Å². The number of amides is 1. The number of nitrogens with two attached hydrogens (primary N) is 1. The lowest BCUT2D eigenvalue weighted by atomic mass is 10.0. The second kappa shape index (κ2) is 8.68. The minimum atomic E-state index is -0.267. The van der Waals surface area contributed by atoms with E-state index in [-0.39, 0.29) is 12.5 Å². The Balaban J connectivity index is 1.99. The summed E-state index contributed by atoms with van der Waals surface area (Å²) >= 11 is 0. The molecule has 4 aromatic rings. The molecule has 0 aliphatic carbocycles. The fourth-order valence-electron chi connectivity index (χ4n) is 3.65. The van der Waals surface area contributed by atoms with Crippen LogP contribution in [0.15, 0.2) is 91.0 Å². The molecular formula is C25H23N3O2. The van der Waals surface area contributed by atoms with Crippen LogP contribution in [0.25, 0.3) is 33.6 Å². The van der Waals surface area contributed by atoms with Crippen molar-refractivity contribution in [3.63, 3.8) is 0 Å². The average molecular weight is 397 g/mol. The molecule has 5 heteroatoms. The largest absolute Gasteiger partial charge is 0.497 e. The lowest BCUT2D eigenvalue weighted by Crippen LogP contribution is -2.33. The number of methoxy groups -OCH3 is 1. The standard InChI is InChI=1S/C25H23N3O2/c1-30-21-14-12-19(13-15-21)23-16-22(18-8-4-2-5-9-18)25(20-10-6-3-7-11-20)28(23)17-24(29)27-26/h2-16H,17,26H2,1H3,(H,27,29). The van der Waals surface area contributed by atoms with Gasteiger partial charge in [-0.1, -0.05) is 60.7 Å². The molecule has 0 saturated carbocycles. The van der Waals surface area contributed by atoms with Crippen molar-refractivity contribution in [1.29, 1.82) is 0 Å². The van der Waals surface area contributed by atoms with E-state index in [1.54, 1.807) is 7.11 Å². The van der Waals surface area contributed by atoms with E-state index in [1.807, 2.05) is 65.2 Å². The molecule has 0 aliphatic heterocycles. The van der Waals surface area contributed by atoms with Gasteiger partial charge in [-0.05, 0) is 47.0 Å². The smallest absolute Gasteiger partial charge is 0.253 e. The summed E-state index contributed by atoms with van der Waals surface area (Å²) in [6.07, 6.45) is 0. The molecule has 0 unspecified atom stereocenters. The summed E-state index contributed by atoms with van der Waals surface area (Å²) in [5, 5.41) is 0. The minimum Gasteiger partial charge on any atom is -0.497 e. The average Bonchev–Trinajstić information content (AvgIpc) is 3.19. The number of carbonyl (C=O) groups is 1.